The van der Waals surface area contributed by atoms with Gasteiger partial charge in [0.1, 0.15) is 17.3 Å². The Hall–Kier alpha value is -1.90. The van der Waals surface area contributed by atoms with Crippen LogP contribution in [0.15, 0.2) is 34.7 Å². The van der Waals surface area contributed by atoms with Crippen molar-refractivity contribution in [2.75, 3.05) is 11.9 Å². The lowest BCUT2D eigenvalue weighted by Gasteiger charge is -2.13. The molecule has 0 amide bonds. The second kappa shape index (κ2) is 6.32. The summed E-state index contributed by atoms with van der Waals surface area (Å²) in [6.45, 7) is 7.52. The molecule has 1 heterocycles. The third kappa shape index (κ3) is 3.78. The average Bonchev–Trinajstić information content (AvgIpc) is 2.81. The highest BCUT2D eigenvalue weighted by Gasteiger charge is 2.05. The molecule has 19 heavy (non-hydrogen) atoms. The van der Waals surface area contributed by atoms with E-state index in [4.69, 9.17) is 9.15 Å². The lowest BCUT2D eigenvalue weighted by molar-refractivity contribution is 0.318. The lowest BCUT2D eigenvalue weighted by Crippen LogP contribution is -2.03. The first kappa shape index (κ1) is 13.5. The SMILES string of the molecule is CCCOc1cc(C)ccc1NCc1ccc(C)o1. The molecule has 0 saturated heterocycles. The van der Waals surface area contributed by atoms with Gasteiger partial charge in [-0.2, -0.15) is 0 Å². The average molecular weight is 259 g/mol. The number of hydrogen-bond acceptors (Lipinski definition) is 3. The third-order valence-electron chi connectivity index (χ3n) is 2.85. The lowest BCUT2D eigenvalue weighted by atomic mass is 10.2. The van der Waals surface area contributed by atoms with Crippen LogP contribution in [0.2, 0.25) is 0 Å². The van der Waals surface area contributed by atoms with Gasteiger partial charge in [-0.15, -0.1) is 0 Å². The summed E-state index contributed by atoms with van der Waals surface area (Å²) in [4.78, 5) is 0. The molecule has 0 aliphatic carbocycles. The van der Waals surface area contributed by atoms with Gasteiger partial charge in [0.25, 0.3) is 0 Å². The van der Waals surface area contributed by atoms with E-state index in [1.807, 2.05) is 19.1 Å². The Morgan fingerprint density at radius 3 is 2.68 bits per heavy atom. The van der Waals surface area contributed by atoms with E-state index in [0.717, 1.165) is 36.0 Å². The van der Waals surface area contributed by atoms with Crippen LogP contribution in [-0.4, -0.2) is 6.61 Å². The minimum Gasteiger partial charge on any atom is -0.491 e. The van der Waals surface area contributed by atoms with Crippen LogP contribution in [0.4, 0.5) is 5.69 Å². The van der Waals surface area contributed by atoms with Crippen LogP contribution >= 0.6 is 0 Å². The number of rotatable bonds is 6. The largest absolute Gasteiger partial charge is 0.491 e. The maximum atomic E-state index is 5.77. The topological polar surface area (TPSA) is 34.4 Å². The first-order valence-corrected chi connectivity index (χ1v) is 6.71. The maximum absolute atomic E-state index is 5.77. The fraction of sp³-hybridized carbons (Fsp3) is 0.375. The van der Waals surface area contributed by atoms with E-state index in [1.165, 1.54) is 5.56 Å². The molecule has 1 aromatic carbocycles. The normalized spacial score (nSPS) is 10.5. The molecule has 2 aromatic rings. The minimum absolute atomic E-state index is 0.666. The predicted molar refractivity (Wildman–Crippen MR) is 77.7 cm³/mol. The number of furan rings is 1. The molecule has 1 N–H and O–H groups in total. The minimum atomic E-state index is 0.666. The van der Waals surface area contributed by atoms with Crippen molar-refractivity contribution in [2.24, 2.45) is 0 Å². The molecular formula is C16H21NO2. The molecule has 3 nitrogen and oxygen atoms in total. The maximum Gasteiger partial charge on any atom is 0.142 e. The first-order valence-electron chi connectivity index (χ1n) is 6.71. The summed E-state index contributed by atoms with van der Waals surface area (Å²) in [5.74, 6) is 2.77. The van der Waals surface area contributed by atoms with Gasteiger partial charge in [0.15, 0.2) is 0 Å². The molecule has 0 bridgehead atoms. The monoisotopic (exact) mass is 259 g/mol. The zero-order valence-corrected chi connectivity index (χ0v) is 11.8. The first-order chi connectivity index (χ1) is 9.19. The number of ether oxygens (including phenoxy) is 1. The van der Waals surface area contributed by atoms with E-state index in [2.05, 4.69) is 37.4 Å². The molecule has 0 aliphatic rings. The molecule has 0 atom stereocenters. The fourth-order valence-corrected chi connectivity index (χ4v) is 1.87. The second-order valence-electron chi connectivity index (χ2n) is 4.71. The molecule has 1 aromatic heterocycles. The van der Waals surface area contributed by atoms with Crippen LogP contribution in [0, 0.1) is 13.8 Å². The molecule has 0 radical (unpaired) electrons. The molecular weight excluding hydrogens is 238 g/mol. The summed E-state index contributed by atoms with van der Waals surface area (Å²) in [7, 11) is 0. The number of anilines is 1. The van der Waals surface area contributed by atoms with E-state index in [-0.39, 0.29) is 0 Å². The van der Waals surface area contributed by atoms with Crippen molar-refractivity contribution in [3.8, 4) is 5.75 Å². The van der Waals surface area contributed by atoms with Gasteiger partial charge in [-0.25, -0.2) is 0 Å². The Morgan fingerprint density at radius 2 is 2.00 bits per heavy atom. The Balaban J connectivity index is 2.05. The van der Waals surface area contributed by atoms with E-state index in [0.29, 0.717) is 6.54 Å². The molecule has 0 fully saturated rings. The standard InChI is InChI=1S/C16H21NO2/c1-4-9-18-16-10-12(2)5-8-15(16)17-11-14-7-6-13(3)19-14/h5-8,10,17H,4,9,11H2,1-3H3. The number of hydrogen-bond donors (Lipinski definition) is 1. The van der Waals surface area contributed by atoms with Crippen LogP contribution in [0.25, 0.3) is 0 Å². The molecule has 0 saturated carbocycles. The van der Waals surface area contributed by atoms with Crippen LogP contribution in [-0.2, 0) is 6.54 Å². The highest BCUT2D eigenvalue weighted by atomic mass is 16.5. The van der Waals surface area contributed by atoms with Crippen LogP contribution < -0.4 is 10.1 Å². The van der Waals surface area contributed by atoms with Gasteiger partial charge in [-0.3, -0.25) is 0 Å². The number of aryl methyl sites for hydroxylation is 2. The fourth-order valence-electron chi connectivity index (χ4n) is 1.87. The Labute approximate surface area is 114 Å². The quantitative estimate of drug-likeness (QED) is 0.840. The van der Waals surface area contributed by atoms with Crippen molar-refractivity contribution in [3.63, 3.8) is 0 Å². The molecule has 102 valence electrons. The van der Waals surface area contributed by atoms with E-state index < -0.39 is 0 Å². The van der Waals surface area contributed by atoms with Gasteiger partial charge < -0.3 is 14.5 Å². The zero-order valence-electron chi connectivity index (χ0n) is 11.8. The molecule has 3 heteroatoms. The summed E-state index contributed by atoms with van der Waals surface area (Å²) in [5, 5.41) is 3.36. The van der Waals surface area contributed by atoms with Gasteiger partial charge in [-0.05, 0) is 50.1 Å². The van der Waals surface area contributed by atoms with Crippen molar-refractivity contribution in [1.82, 2.24) is 0 Å². The highest BCUT2D eigenvalue weighted by molar-refractivity contribution is 5.57. The third-order valence-corrected chi connectivity index (χ3v) is 2.85. The van der Waals surface area contributed by atoms with Crippen LogP contribution in [0.3, 0.4) is 0 Å². The summed E-state index contributed by atoms with van der Waals surface area (Å²) < 4.78 is 11.3. The van der Waals surface area contributed by atoms with Crippen LogP contribution in [0.1, 0.15) is 30.4 Å². The molecule has 0 unspecified atom stereocenters. The van der Waals surface area contributed by atoms with Gasteiger partial charge in [-0.1, -0.05) is 13.0 Å². The van der Waals surface area contributed by atoms with Crippen molar-refractivity contribution in [1.29, 1.82) is 0 Å². The second-order valence-corrected chi connectivity index (χ2v) is 4.71. The van der Waals surface area contributed by atoms with Crippen LogP contribution in [0.5, 0.6) is 5.75 Å². The van der Waals surface area contributed by atoms with Crippen molar-refractivity contribution in [2.45, 2.75) is 33.7 Å². The summed E-state index contributed by atoms with van der Waals surface area (Å²) >= 11 is 0. The van der Waals surface area contributed by atoms with Crippen molar-refractivity contribution < 1.29 is 9.15 Å². The molecule has 2 rings (SSSR count). The summed E-state index contributed by atoms with van der Waals surface area (Å²) in [5.41, 5.74) is 2.21. The zero-order chi connectivity index (χ0) is 13.7. The van der Waals surface area contributed by atoms with Crippen molar-refractivity contribution in [3.05, 3.63) is 47.4 Å². The molecule has 0 spiro atoms. The predicted octanol–water partition coefficient (Wildman–Crippen LogP) is 4.30. The smallest absolute Gasteiger partial charge is 0.142 e. The van der Waals surface area contributed by atoms with E-state index in [1.54, 1.807) is 0 Å². The Morgan fingerprint density at radius 1 is 1.16 bits per heavy atom. The number of nitrogens with one attached hydrogen (secondary N) is 1. The van der Waals surface area contributed by atoms with Gasteiger partial charge in [0, 0.05) is 0 Å². The molecule has 0 aliphatic heterocycles. The number of benzene rings is 1. The Bertz CT molecular complexity index is 531. The summed E-state index contributed by atoms with van der Waals surface area (Å²) in [6.07, 6.45) is 1.00. The van der Waals surface area contributed by atoms with Crippen molar-refractivity contribution >= 4 is 5.69 Å². The highest BCUT2D eigenvalue weighted by Crippen LogP contribution is 2.26. The van der Waals surface area contributed by atoms with Gasteiger partial charge in [0.2, 0.25) is 0 Å². The summed E-state index contributed by atoms with van der Waals surface area (Å²) in [6, 6.07) is 10.2. The van der Waals surface area contributed by atoms with E-state index in [9.17, 15) is 0 Å². The van der Waals surface area contributed by atoms with Gasteiger partial charge in [0.05, 0.1) is 18.8 Å². The van der Waals surface area contributed by atoms with Gasteiger partial charge >= 0.3 is 0 Å². The van der Waals surface area contributed by atoms with E-state index >= 15 is 0 Å². The Kier molecular flexibility index (Phi) is 4.50.